The third kappa shape index (κ3) is 2.98. The largest absolute Gasteiger partial charge is 0.495 e. The lowest BCUT2D eigenvalue weighted by Gasteiger charge is -2.20. The number of aromatic nitrogens is 1. The number of halogens is 3. The summed E-state index contributed by atoms with van der Waals surface area (Å²) in [5.74, 6) is 5.35. The third-order valence-corrected chi connectivity index (χ3v) is 2.02. The maximum absolute atomic E-state index is 12.9. The number of nitrogens with zero attached hydrogens (tertiary/aromatic N) is 1. The van der Waals surface area contributed by atoms with Gasteiger partial charge in [0.05, 0.1) is 13.3 Å². The van der Waals surface area contributed by atoms with Crippen LogP contribution in [0.3, 0.4) is 0 Å². The minimum Gasteiger partial charge on any atom is -0.495 e. The normalized spacial score (nSPS) is 13.7. The second-order valence-corrected chi connectivity index (χ2v) is 3.30. The zero-order valence-corrected chi connectivity index (χ0v) is 8.63. The van der Waals surface area contributed by atoms with Gasteiger partial charge in [-0.3, -0.25) is 10.8 Å². The number of pyridine rings is 1. The zero-order valence-electron chi connectivity index (χ0n) is 7.88. The number of methoxy groups -OCH3 is 1. The van der Waals surface area contributed by atoms with E-state index in [0.29, 0.717) is 5.75 Å². The molecular formula is C8H10ClF2N3O. The van der Waals surface area contributed by atoms with Crippen molar-refractivity contribution in [2.75, 3.05) is 7.11 Å². The van der Waals surface area contributed by atoms with E-state index in [1.54, 1.807) is 0 Å². The van der Waals surface area contributed by atoms with Crippen molar-refractivity contribution in [2.24, 2.45) is 5.84 Å². The minimum absolute atomic E-state index is 0.150. The van der Waals surface area contributed by atoms with Crippen LogP contribution < -0.4 is 16.0 Å². The Balaban J connectivity index is 3.02. The standard InChI is InChI=1S/C8H10ClF2N3O/c1-15-6-2-5(3-13-4-6)7(14-12)8(9,10)11/h2-4,7,14H,12H2,1H3. The molecule has 1 heterocycles. The molecule has 0 aromatic carbocycles. The Bertz CT molecular complexity index is 332. The van der Waals surface area contributed by atoms with Gasteiger partial charge in [0.1, 0.15) is 11.8 Å². The van der Waals surface area contributed by atoms with E-state index in [1.807, 2.05) is 5.43 Å². The summed E-state index contributed by atoms with van der Waals surface area (Å²) >= 11 is 4.88. The van der Waals surface area contributed by atoms with Crippen LogP contribution in [0.1, 0.15) is 11.6 Å². The van der Waals surface area contributed by atoms with Crippen LogP contribution in [0.4, 0.5) is 8.78 Å². The van der Waals surface area contributed by atoms with Crippen molar-refractivity contribution in [2.45, 2.75) is 11.4 Å². The maximum Gasteiger partial charge on any atom is 0.342 e. The van der Waals surface area contributed by atoms with Gasteiger partial charge < -0.3 is 4.74 Å². The van der Waals surface area contributed by atoms with Gasteiger partial charge in [-0.25, -0.2) is 5.43 Å². The monoisotopic (exact) mass is 237 g/mol. The fraction of sp³-hybridized carbons (Fsp3) is 0.375. The van der Waals surface area contributed by atoms with Crippen LogP contribution >= 0.6 is 11.6 Å². The van der Waals surface area contributed by atoms with Crippen LogP contribution in [-0.4, -0.2) is 17.5 Å². The molecular weight excluding hydrogens is 228 g/mol. The Morgan fingerprint density at radius 1 is 1.60 bits per heavy atom. The highest BCUT2D eigenvalue weighted by molar-refractivity contribution is 6.22. The van der Waals surface area contributed by atoms with Crippen LogP contribution in [0.2, 0.25) is 0 Å². The number of nitrogens with one attached hydrogen (secondary N) is 1. The fourth-order valence-corrected chi connectivity index (χ4v) is 1.27. The number of ether oxygens (including phenoxy) is 1. The van der Waals surface area contributed by atoms with Crippen molar-refractivity contribution in [3.05, 3.63) is 24.0 Å². The molecule has 0 bridgehead atoms. The Hall–Kier alpha value is -0.980. The van der Waals surface area contributed by atoms with Crippen LogP contribution in [0.15, 0.2) is 18.5 Å². The number of alkyl halides is 3. The molecule has 0 amide bonds. The summed E-state index contributed by atoms with van der Waals surface area (Å²) in [5.41, 5.74) is 2.08. The van der Waals surface area contributed by atoms with Crippen molar-refractivity contribution < 1.29 is 13.5 Å². The van der Waals surface area contributed by atoms with E-state index >= 15 is 0 Å². The van der Waals surface area contributed by atoms with Gasteiger partial charge in [-0.15, -0.1) is 0 Å². The van der Waals surface area contributed by atoms with E-state index in [9.17, 15) is 8.78 Å². The lowest BCUT2D eigenvalue weighted by molar-refractivity contribution is 0.0495. The summed E-state index contributed by atoms with van der Waals surface area (Å²) in [6.45, 7) is 0. The second-order valence-electron chi connectivity index (χ2n) is 2.80. The lowest BCUT2D eigenvalue weighted by atomic mass is 10.1. The van der Waals surface area contributed by atoms with E-state index in [-0.39, 0.29) is 5.56 Å². The lowest BCUT2D eigenvalue weighted by Crippen LogP contribution is -2.37. The van der Waals surface area contributed by atoms with Gasteiger partial charge >= 0.3 is 5.38 Å². The highest BCUT2D eigenvalue weighted by atomic mass is 35.5. The van der Waals surface area contributed by atoms with Gasteiger partial charge in [-0.05, 0) is 23.2 Å². The van der Waals surface area contributed by atoms with Gasteiger partial charge in [0.25, 0.3) is 0 Å². The molecule has 7 heteroatoms. The number of rotatable bonds is 4. The molecule has 0 fully saturated rings. The van der Waals surface area contributed by atoms with Crippen molar-refractivity contribution in [1.29, 1.82) is 0 Å². The van der Waals surface area contributed by atoms with Gasteiger partial charge in [0.15, 0.2) is 0 Å². The zero-order chi connectivity index (χ0) is 11.5. The van der Waals surface area contributed by atoms with E-state index in [4.69, 9.17) is 22.2 Å². The van der Waals surface area contributed by atoms with Crippen molar-refractivity contribution in [1.82, 2.24) is 10.4 Å². The molecule has 84 valence electrons. The predicted octanol–water partition coefficient (Wildman–Crippen LogP) is 1.43. The first kappa shape index (κ1) is 12.1. The number of nitrogens with two attached hydrogens (primary N) is 1. The molecule has 4 nitrogen and oxygen atoms in total. The third-order valence-electron chi connectivity index (χ3n) is 1.80. The van der Waals surface area contributed by atoms with E-state index in [1.165, 1.54) is 25.6 Å². The quantitative estimate of drug-likeness (QED) is 0.473. The second kappa shape index (κ2) is 4.69. The van der Waals surface area contributed by atoms with Gasteiger partial charge in [-0.2, -0.15) is 8.78 Å². The molecule has 1 unspecified atom stereocenters. The Labute approximate surface area is 90.4 Å². The molecule has 3 N–H and O–H groups in total. The molecule has 1 rings (SSSR count). The van der Waals surface area contributed by atoms with Gasteiger partial charge in [0.2, 0.25) is 0 Å². The Morgan fingerprint density at radius 2 is 2.27 bits per heavy atom. The summed E-state index contributed by atoms with van der Waals surface area (Å²) in [7, 11) is 1.41. The molecule has 0 aliphatic carbocycles. The van der Waals surface area contributed by atoms with E-state index in [2.05, 4.69) is 4.98 Å². The topological polar surface area (TPSA) is 60.2 Å². The fourth-order valence-electron chi connectivity index (χ4n) is 1.08. The number of hydrazine groups is 1. The first-order chi connectivity index (χ1) is 6.99. The molecule has 0 aliphatic rings. The summed E-state index contributed by atoms with van der Waals surface area (Å²) in [4.78, 5) is 3.73. The molecule has 1 aromatic heterocycles. The van der Waals surface area contributed by atoms with Crippen LogP contribution in [0, 0.1) is 0 Å². The van der Waals surface area contributed by atoms with Crippen molar-refractivity contribution in [3.63, 3.8) is 0 Å². The summed E-state index contributed by atoms with van der Waals surface area (Å²) in [5, 5.41) is -3.50. The van der Waals surface area contributed by atoms with Crippen LogP contribution in [0.25, 0.3) is 0 Å². The van der Waals surface area contributed by atoms with Crippen LogP contribution in [-0.2, 0) is 0 Å². The minimum atomic E-state index is -3.50. The molecule has 0 radical (unpaired) electrons. The summed E-state index contributed by atoms with van der Waals surface area (Å²) in [6, 6.07) is -0.129. The molecule has 0 saturated heterocycles. The van der Waals surface area contributed by atoms with Gasteiger partial charge in [0, 0.05) is 6.20 Å². The van der Waals surface area contributed by atoms with Crippen molar-refractivity contribution in [3.8, 4) is 5.75 Å². The highest BCUT2D eigenvalue weighted by Crippen LogP contribution is 2.34. The average Bonchev–Trinajstić information content (AvgIpc) is 2.17. The van der Waals surface area contributed by atoms with Crippen molar-refractivity contribution >= 4 is 11.6 Å². The summed E-state index contributed by atoms with van der Waals surface area (Å²) in [6.07, 6.45) is 2.63. The molecule has 0 spiro atoms. The predicted molar refractivity (Wildman–Crippen MR) is 51.7 cm³/mol. The molecule has 0 aliphatic heterocycles. The van der Waals surface area contributed by atoms with Crippen LogP contribution in [0.5, 0.6) is 5.75 Å². The molecule has 15 heavy (non-hydrogen) atoms. The molecule has 1 aromatic rings. The van der Waals surface area contributed by atoms with E-state index < -0.39 is 11.4 Å². The van der Waals surface area contributed by atoms with Gasteiger partial charge in [-0.1, -0.05) is 0 Å². The summed E-state index contributed by atoms with van der Waals surface area (Å²) < 4.78 is 30.6. The number of hydrogen-bond donors (Lipinski definition) is 2. The Morgan fingerprint density at radius 3 is 2.73 bits per heavy atom. The first-order valence-electron chi connectivity index (χ1n) is 4.01. The number of hydrogen-bond acceptors (Lipinski definition) is 4. The smallest absolute Gasteiger partial charge is 0.342 e. The molecule has 1 atom stereocenters. The first-order valence-corrected chi connectivity index (χ1v) is 4.38. The van der Waals surface area contributed by atoms with E-state index in [0.717, 1.165) is 0 Å². The highest BCUT2D eigenvalue weighted by Gasteiger charge is 2.38. The Kier molecular flexibility index (Phi) is 3.78. The SMILES string of the molecule is COc1cncc(C(NN)C(F)(F)Cl)c1. The average molecular weight is 238 g/mol. The maximum atomic E-state index is 12.9. The molecule has 0 saturated carbocycles.